The predicted molar refractivity (Wildman–Crippen MR) is 95.1 cm³/mol. The summed E-state index contributed by atoms with van der Waals surface area (Å²) in [7, 11) is 0. The number of aryl methyl sites for hydroxylation is 2. The van der Waals surface area contributed by atoms with Crippen LogP contribution in [0, 0.1) is 24.0 Å². The molecule has 0 saturated carbocycles. The van der Waals surface area contributed by atoms with Gasteiger partial charge in [0.05, 0.1) is 16.2 Å². The molecule has 2 aromatic heterocycles. The Kier molecular flexibility index (Phi) is 5.55. The number of non-ortho nitro benzene ring substituents is 1. The maximum absolute atomic E-state index is 11.8. The van der Waals surface area contributed by atoms with Gasteiger partial charge in [-0.3, -0.25) is 14.9 Å². The molecule has 0 atom stereocenters. The van der Waals surface area contributed by atoms with Gasteiger partial charge in [-0.05, 0) is 32.0 Å². The minimum atomic E-state index is -0.478. The Morgan fingerprint density at radius 3 is 2.59 bits per heavy atom. The van der Waals surface area contributed by atoms with Crippen molar-refractivity contribution >= 4 is 23.4 Å². The lowest BCUT2D eigenvalue weighted by atomic mass is 10.2. The highest BCUT2D eigenvalue weighted by molar-refractivity contribution is 8.00. The van der Waals surface area contributed by atoms with E-state index in [1.54, 1.807) is 25.1 Å². The van der Waals surface area contributed by atoms with Gasteiger partial charge in [0.2, 0.25) is 0 Å². The number of hydrogen-bond donors (Lipinski definition) is 0. The van der Waals surface area contributed by atoms with Crippen molar-refractivity contribution in [3.8, 4) is 11.5 Å². The van der Waals surface area contributed by atoms with Crippen LogP contribution >= 0.6 is 11.8 Å². The van der Waals surface area contributed by atoms with Crippen molar-refractivity contribution < 1.29 is 23.3 Å². The summed E-state index contributed by atoms with van der Waals surface area (Å²) >= 11 is 1.21. The van der Waals surface area contributed by atoms with E-state index in [1.165, 1.54) is 23.9 Å². The molecule has 9 nitrogen and oxygen atoms in total. The number of nitro groups is 1. The Labute approximate surface area is 157 Å². The Hall–Kier alpha value is -3.14. The van der Waals surface area contributed by atoms with Crippen molar-refractivity contribution in [1.29, 1.82) is 0 Å². The molecule has 0 aliphatic carbocycles. The van der Waals surface area contributed by atoms with E-state index >= 15 is 0 Å². The van der Waals surface area contributed by atoms with Gasteiger partial charge in [0.25, 0.3) is 17.5 Å². The second-order valence-electron chi connectivity index (χ2n) is 5.53. The van der Waals surface area contributed by atoms with Crippen LogP contribution in [0.4, 0.5) is 5.69 Å². The van der Waals surface area contributed by atoms with Gasteiger partial charge in [-0.15, -0.1) is 22.0 Å². The first kappa shape index (κ1) is 18.6. The number of nitro benzene ring substituents is 1. The van der Waals surface area contributed by atoms with E-state index in [-0.39, 0.29) is 23.9 Å². The van der Waals surface area contributed by atoms with E-state index in [4.69, 9.17) is 13.6 Å². The van der Waals surface area contributed by atoms with Crippen LogP contribution in [0.2, 0.25) is 0 Å². The number of thioether (sulfide) groups is 1. The molecule has 0 saturated heterocycles. The fraction of sp³-hybridized carbons (Fsp3) is 0.235. The topological polar surface area (TPSA) is 122 Å². The molecule has 10 heteroatoms. The van der Waals surface area contributed by atoms with Crippen LogP contribution in [0.1, 0.15) is 17.4 Å². The summed E-state index contributed by atoms with van der Waals surface area (Å²) in [4.78, 5) is 22.7. The number of rotatable bonds is 7. The highest BCUT2D eigenvalue weighted by atomic mass is 32.2. The van der Waals surface area contributed by atoms with Crippen LogP contribution in [0.25, 0.3) is 11.5 Å². The molecule has 0 amide bonds. The standard InChI is InChI=1S/C17H15N3O6S/c1-10-7-14(11(2)25-10)17-19-18-15(26-17)8-24-16(21)9-27-13-5-3-12(4-6-13)20(22)23/h3-7H,8-9H2,1-2H3. The van der Waals surface area contributed by atoms with Crippen LogP contribution in [0.3, 0.4) is 0 Å². The van der Waals surface area contributed by atoms with E-state index in [2.05, 4.69) is 10.2 Å². The largest absolute Gasteiger partial charge is 0.466 e. The number of aromatic nitrogens is 2. The van der Waals surface area contributed by atoms with Crippen molar-refractivity contribution in [2.75, 3.05) is 5.75 Å². The van der Waals surface area contributed by atoms with E-state index < -0.39 is 10.9 Å². The molecule has 0 unspecified atom stereocenters. The van der Waals surface area contributed by atoms with Crippen LogP contribution in [-0.4, -0.2) is 26.8 Å². The fourth-order valence-corrected chi connectivity index (χ4v) is 2.95. The third kappa shape index (κ3) is 4.73. The van der Waals surface area contributed by atoms with Gasteiger partial charge in [0.1, 0.15) is 11.5 Å². The molecular weight excluding hydrogens is 374 g/mol. The Morgan fingerprint density at radius 2 is 1.96 bits per heavy atom. The Morgan fingerprint density at radius 1 is 1.22 bits per heavy atom. The van der Waals surface area contributed by atoms with E-state index in [9.17, 15) is 14.9 Å². The smallest absolute Gasteiger partial charge is 0.316 e. The van der Waals surface area contributed by atoms with Gasteiger partial charge in [0.15, 0.2) is 6.61 Å². The second-order valence-corrected chi connectivity index (χ2v) is 6.58. The van der Waals surface area contributed by atoms with E-state index in [0.29, 0.717) is 17.2 Å². The molecule has 0 N–H and O–H groups in total. The van der Waals surface area contributed by atoms with Gasteiger partial charge in [-0.25, -0.2) is 0 Å². The molecular formula is C17H15N3O6S. The molecule has 27 heavy (non-hydrogen) atoms. The molecule has 0 fully saturated rings. The van der Waals surface area contributed by atoms with Crippen molar-refractivity contribution in [3.63, 3.8) is 0 Å². The highest BCUT2D eigenvalue weighted by Crippen LogP contribution is 2.25. The third-order valence-corrected chi connectivity index (χ3v) is 4.48. The number of carbonyl (C=O) groups excluding carboxylic acids is 1. The van der Waals surface area contributed by atoms with E-state index in [0.717, 1.165) is 10.7 Å². The first-order chi connectivity index (χ1) is 12.9. The molecule has 0 radical (unpaired) electrons. The maximum Gasteiger partial charge on any atom is 0.316 e. The number of benzene rings is 1. The number of carbonyl (C=O) groups is 1. The lowest BCUT2D eigenvalue weighted by Crippen LogP contribution is -2.07. The molecule has 0 bridgehead atoms. The number of esters is 1. The number of hydrogen-bond acceptors (Lipinski definition) is 9. The Balaban J connectivity index is 1.49. The highest BCUT2D eigenvalue weighted by Gasteiger charge is 2.16. The monoisotopic (exact) mass is 389 g/mol. The zero-order valence-corrected chi connectivity index (χ0v) is 15.3. The predicted octanol–water partition coefficient (Wildman–Crippen LogP) is 3.69. The molecule has 140 valence electrons. The maximum atomic E-state index is 11.8. The van der Waals surface area contributed by atoms with Crippen LogP contribution < -0.4 is 0 Å². The summed E-state index contributed by atoms with van der Waals surface area (Å²) in [5.74, 6) is 1.47. The lowest BCUT2D eigenvalue weighted by molar-refractivity contribution is -0.384. The first-order valence-corrected chi connectivity index (χ1v) is 8.83. The number of nitrogens with zero attached hydrogens (tertiary/aromatic N) is 3. The lowest BCUT2D eigenvalue weighted by Gasteiger charge is -2.02. The molecule has 3 aromatic rings. The summed E-state index contributed by atoms with van der Waals surface area (Å²) in [5, 5.41) is 18.4. The quantitative estimate of drug-likeness (QED) is 0.258. The molecule has 3 rings (SSSR count). The van der Waals surface area contributed by atoms with Gasteiger partial charge >= 0.3 is 5.97 Å². The number of furan rings is 1. The molecule has 0 spiro atoms. The summed E-state index contributed by atoms with van der Waals surface area (Å²) in [6.07, 6.45) is 0. The van der Waals surface area contributed by atoms with Gasteiger partial charge < -0.3 is 13.6 Å². The average Bonchev–Trinajstić information content (AvgIpc) is 3.24. The van der Waals surface area contributed by atoms with Crippen molar-refractivity contribution in [2.24, 2.45) is 0 Å². The van der Waals surface area contributed by atoms with Crippen molar-refractivity contribution in [3.05, 3.63) is 57.9 Å². The SMILES string of the molecule is Cc1cc(-c2nnc(COC(=O)CSc3ccc([N+](=O)[O-])cc3)o2)c(C)o1. The fourth-order valence-electron chi connectivity index (χ4n) is 2.25. The van der Waals surface area contributed by atoms with E-state index in [1.807, 2.05) is 6.92 Å². The molecule has 1 aromatic carbocycles. The minimum Gasteiger partial charge on any atom is -0.466 e. The van der Waals surface area contributed by atoms with Gasteiger partial charge in [-0.2, -0.15) is 0 Å². The summed E-state index contributed by atoms with van der Waals surface area (Å²) in [6, 6.07) is 7.71. The van der Waals surface area contributed by atoms with Crippen LogP contribution in [-0.2, 0) is 16.1 Å². The van der Waals surface area contributed by atoms with Crippen molar-refractivity contribution in [1.82, 2.24) is 10.2 Å². The summed E-state index contributed by atoms with van der Waals surface area (Å²) in [6.45, 7) is 3.47. The summed E-state index contributed by atoms with van der Waals surface area (Å²) in [5.41, 5.74) is 0.698. The zero-order valence-electron chi connectivity index (χ0n) is 14.5. The summed E-state index contributed by atoms with van der Waals surface area (Å²) < 4.78 is 16.0. The minimum absolute atomic E-state index is 0.00261. The van der Waals surface area contributed by atoms with Crippen LogP contribution in [0.5, 0.6) is 0 Å². The Bertz CT molecular complexity index is 963. The van der Waals surface area contributed by atoms with Gasteiger partial charge in [0, 0.05) is 17.0 Å². The van der Waals surface area contributed by atoms with Crippen molar-refractivity contribution in [2.45, 2.75) is 25.3 Å². The molecule has 0 aliphatic rings. The molecule has 2 heterocycles. The third-order valence-electron chi connectivity index (χ3n) is 3.50. The first-order valence-electron chi connectivity index (χ1n) is 7.85. The zero-order chi connectivity index (χ0) is 19.4. The number of ether oxygens (including phenoxy) is 1. The average molecular weight is 389 g/mol. The van der Waals surface area contributed by atoms with Gasteiger partial charge in [-0.1, -0.05) is 0 Å². The normalized spacial score (nSPS) is 10.7. The molecule has 0 aliphatic heterocycles. The van der Waals surface area contributed by atoms with Crippen LogP contribution in [0.15, 0.2) is 44.1 Å². The second kappa shape index (κ2) is 8.04.